The Morgan fingerprint density at radius 1 is 0.968 bits per heavy atom. The van der Waals surface area contributed by atoms with E-state index in [9.17, 15) is 9.59 Å². The van der Waals surface area contributed by atoms with E-state index < -0.39 is 6.10 Å². The number of benzene rings is 2. The highest BCUT2D eigenvalue weighted by Gasteiger charge is 2.34. The van der Waals surface area contributed by atoms with E-state index in [1.54, 1.807) is 18.2 Å². The van der Waals surface area contributed by atoms with Crippen molar-refractivity contribution in [1.82, 2.24) is 4.90 Å². The van der Waals surface area contributed by atoms with Crippen molar-refractivity contribution in [2.24, 2.45) is 0 Å². The van der Waals surface area contributed by atoms with E-state index in [0.717, 1.165) is 38.0 Å². The average molecular weight is 423 g/mol. The molecule has 0 aromatic heterocycles. The second-order valence-electron chi connectivity index (χ2n) is 7.96. The third-order valence-corrected chi connectivity index (χ3v) is 5.80. The van der Waals surface area contributed by atoms with Gasteiger partial charge in [0.25, 0.3) is 5.91 Å². The van der Waals surface area contributed by atoms with Gasteiger partial charge in [0.05, 0.1) is 18.8 Å². The van der Waals surface area contributed by atoms with Gasteiger partial charge in [-0.25, -0.2) is 0 Å². The van der Waals surface area contributed by atoms with Crippen molar-refractivity contribution in [3.8, 4) is 17.2 Å². The van der Waals surface area contributed by atoms with Gasteiger partial charge in [0.1, 0.15) is 5.75 Å². The molecule has 1 N–H and O–H groups in total. The van der Waals surface area contributed by atoms with Gasteiger partial charge in [-0.2, -0.15) is 0 Å². The van der Waals surface area contributed by atoms with Crippen LogP contribution >= 0.6 is 0 Å². The largest absolute Gasteiger partial charge is 0.477 e. The fourth-order valence-electron chi connectivity index (χ4n) is 4.25. The molecule has 2 aromatic rings. The molecule has 5 rings (SSSR count). The van der Waals surface area contributed by atoms with Crippen LogP contribution in [0.2, 0.25) is 0 Å². The van der Waals surface area contributed by atoms with Crippen molar-refractivity contribution in [2.75, 3.05) is 43.2 Å². The van der Waals surface area contributed by atoms with Crippen molar-refractivity contribution in [3.05, 3.63) is 42.5 Å². The zero-order valence-electron chi connectivity index (χ0n) is 17.2. The Morgan fingerprint density at radius 3 is 2.65 bits per heavy atom. The minimum absolute atomic E-state index is 0.00428. The van der Waals surface area contributed by atoms with Crippen LogP contribution in [0, 0.1) is 0 Å². The summed E-state index contributed by atoms with van der Waals surface area (Å²) in [5.74, 6) is 1.72. The number of fused-ring (bicyclic) bond motifs is 2. The monoisotopic (exact) mass is 423 g/mol. The van der Waals surface area contributed by atoms with Crippen LogP contribution in [0.15, 0.2) is 42.5 Å². The van der Waals surface area contributed by atoms with E-state index in [2.05, 4.69) is 5.32 Å². The summed E-state index contributed by atoms with van der Waals surface area (Å²) in [4.78, 5) is 29.6. The number of carbonyl (C=O) groups is 2. The summed E-state index contributed by atoms with van der Waals surface area (Å²) < 4.78 is 16.7. The van der Waals surface area contributed by atoms with Gasteiger partial charge in [-0.15, -0.1) is 0 Å². The molecule has 0 radical (unpaired) electrons. The number of para-hydroxylation sites is 2. The lowest BCUT2D eigenvalue weighted by molar-refractivity contribution is -0.139. The second-order valence-corrected chi connectivity index (χ2v) is 7.96. The van der Waals surface area contributed by atoms with E-state index >= 15 is 0 Å². The predicted octanol–water partition coefficient (Wildman–Crippen LogP) is 2.63. The minimum atomic E-state index is -0.619. The molecular weight excluding hydrogens is 398 g/mol. The molecule has 1 saturated heterocycles. The average Bonchev–Trinajstić information content (AvgIpc) is 3.27. The lowest BCUT2D eigenvalue weighted by atomic mass is 10.1. The van der Waals surface area contributed by atoms with Gasteiger partial charge in [-0.3, -0.25) is 9.59 Å². The van der Waals surface area contributed by atoms with Gasteiger partial charge < -0.3 is 29.3 Å². The van der Waals surface area contributed by atoms with Crippen molar-refractivity contribution in [2.45, 2.75) is 25.4 Å². The molecule has 1 fully saturated rings. The summed E-state index contributed by atoms with van der Waals surface area (Å²) in [6, 6.07) is 12.8. The lowest BCUT2D eigenvalue weighted by Crippen LogP contribution is -2.52. The summed E-state index contributed by atoms with van der Waals surface area (Å²) in [6.45, 7) is 2.17. The van der Waals surface area contributed by atoms with Crippen molar-refractivity contribution < 1.29 is 23.8 Å². The van der Waals surface area contributed by atoms with Gasteiger partial charge >= 0.3 is 0 Å². The molecule has 8 nitrogen and oxygen atoms in total. The molecule has 2 aromatic carbocycles. The molecule has 0 bridgehead atoms. The van der Waals surface area contributed by atoms with Gasteiger partial charge in [-0.05, 0) is 43.5 Å². The molecule has 3 aliphatic rings. The first-order chi connectivity index (χ1) is 15.2. The summed E-state index contributed by atoms with van der Waals surface area (Å²) >= 11 is 0. The number of hydrogen-bond donors (Lipinski definition) is 1. The standard InChI is InChI=1S/C23H25N3O5/c27-22(24-16-8-9-19-20(12-16)30-15-29-19)14-26-13-21(23(28)25-10-4-1-5-11-25)31-18-7-3-2-6-17(18)26/h2-3,6-9,12,21H,1,4-5,10-11,13-15H2,(H,24,27). The Morgan fingerprint density at radius 2 is 1.77 bits per heavy atom. The number of anilines is 2. The highest BCUT2D eigenvalue weighted by molar-refractivity contribution is 5.95. The van der Waals surface area contributed by atoms with Crippen LogP contribution in [-0.2, 0) is 9.59 Å². The molecule has 2 amide bonds. The van der Waals surface area contributed by atoms with Crippen LogP contribution in [0.1, 0.15) is 19.3 Å². The summed E-state index contributed by atoms with van der Waals surface area (Å²) in [7, 11) is 0. The Kier molecular flexibility index (Phi) is 5.28. The number of hydrogen-bond acceptors (Lipinski definition) is 6. The number of piperidine rings is 1. The predicted molar refractivity (Wildman–Crippen MR) is 115 cm³/mol. The molecule has 0 saturated carbocycles. The van der Waals surface area contributed by atoms with Crippen molar-refractivity contribution in [1.29, 1.82) is 0 Å². The van der Waals surface area contributed by atoms with E-state index in [1.165, 1.54) is 0 Å². The molecule has 0 aliphatic carbocycles. The number of nitrogens with zero attached hydrogens (tertiary/aromatic N) is 2. The Labute approximate surface area is 180 Å². The zero-order chi connectivity index (χ0) is 21.2. The Balaban J connectivity index is 1.30. The smallest absolute Gasteiger partial charge is 0.265 e. The van der Waals surface area contributed by atoms with Gasteiger partial charge in [-0.1, -0.05) is 12.1 Å². The van der Waals surface area contributed by atoms with Crippen molar-refractivity contribution >= 4 is 23.2 Å². The maximum atomic E-state index is 13.0. The van der Waals surface area contributed by atoms with E-state index in [4.69, 9.17) is 14.2 Å². The third kappa shape index (κ3) is 4.10. The normalized spacial score (nSPS) is 19.4. The number of ether oxygens (including phenoxy) is 3. The molecule has 31 heavy (non-hydrogen) atoms. The maximum absolute atomic E-state index is 13.0. The fourth-order valence-corrected chi connectivity index (χ4v) is 4.25. The van der Waals surface area contributed by atoms with Crippen LogP contribution in [0.3, 0.4) is 0 Å². The highest BCUT2D eigenvalue weighted by atomic mass is 16.7. The molecule has 162 valence electrons. The molecular formula is C23H25N3O5. The third-order valence-electron chi connectivity index (χ3n) is 5.80. The Hall–Kier alpha value is -3.42. The number of likely N-dealkylation sites (tertiary alicyclic amines) is 1. The SMILES string of the molecule is O=C(CN1CC(C(=O)N2CCCCC2)Oc2ccccc21)Nc1ccc2c(c1)OCO2. The maximum Gasteiger partial charge on any atom is 0.265 e. The molecule has 1 atom stereocenters. The van der Waals surface area contributed by atoms with Crippen LogP contribution in [0.25, 0.3) is 0 Å². The van der Waals surface area contributed by atoms with Crippen LogP contribution in [0.4, 0.5) is 11.4 Å². The molecule has 0 spiro atoms. The van der Waals surface area contributed by atoms with Gasteiger partial charge in [0, 0.05) is 24.8 Å². The highest BCUT2D eigenvalue weighted by Crippen LogP contribution is 2.35. The lowest BCUT2D eigenvalue weighted by Gasteiger charge is -2.38. The van der Waals surface area contributed by atoms with E-state index in [-0.39, 0.29) is 25.2 Å². The zero-order valence-corrected chi connectivity index (χ0v) is 17.2. The number of nitrogens with one attached hydrogen (secondary N) is 1. The second kappa shape index (κ2) is 8.37. The summed E-state index contributed by atoms with van der Waals surface area (Å²) in [5.41, 5.74) is 1.45. The molecule has 1 unspecified atom stereocenters. The topological polar surface area (TPSA) is 80.3 Å². The first-order valence-corrected chi connectivity index (χ1v) is 10.7. The first-order valence-electron chi connectivity index (χ1n) is 10.7. The van der Waals surface area contributed by atoms with E-state index in [1.807, 2.05) is 34.1 Å². The Bertz CT molecular complexity index is 989. The van der Waals surface area contributed by atoms with Gasteiger partial charge in [0.2, 0.25) is 12.7 Å². The quantitative estimate of drug-likeness (QED) is 0.815. The summed E-state index contributed by atoms with van der Waals surface area (Å²) in [5, 5.41) is 2.90. The van der Waals surface area contributed by atoms with Crippen molar-refractivity contribution in [3.63, 3.8) is 0 Å². The van der Waals surface area contributed by atoms with Crippen LogP contribution in [0.5, 0.6) is 17.2 Å². The summed E-state index contributed by atoms with van der Waals surface area (Å²) in [6.07, 6.45) is 2.59. The van der Waals surface area contributed by atoms with Gasteiger partial charge in [0.15, 0.2) is 17.6 Å². The molecule has 3 heterocycles. The minimum Gasteiger partial charge on any atom is -0.477 e. The fraction of sp³-hybridized carbons (Fsp3) is 0.391. The van der Waals surface area contributed by atoms with Crippen LogP contribution in [-0.4, -0.2) is 55.8 Å². The first kappa shape index (κ1) is 19.5. The molecule has 8 heteroatoms. The molecule has 3 aliphatic heterocycles. The number of amides is 2. The van der Waals surface area contributed by atoms with Crippen LogP contribution < -0.4 is 24.4 Å². The van der Waals surface area contributed by atoms with E-state index in [0.29, 0.717) is 29.5 Å². The number of carbonyl (C=O) groups excluding carboxylic acids is 2. The number of rotatable bonds is 4.